The van der Waals surface area contributed by atoms with Gasteiger partial charge in [-0.05, 0) is 36.7 Å². The first-order chi connectivity index (χ1) is 8.88. The van der Waals surface area contributed by atoms with Crippen molar-refractivity contribution in [2.75, 3.05) is 6.54 Å². The molecule has 0 bridgehead atoms. The van der Waals surface area contributed by atoms with Gasteiger partial charge in [-0.2, -0.15) is 10.4 Å². The second-order valence-corrected chi connectivity index (χ2v) is 4.11. The average molecular weight is 240 g/mol. The SMILES string of the molecule is N#Cc1ccc(CNCCCn2cccn2)cc1. The summed E-state index contributed by atoms with van der Waals surface area (Å²) < 4.78 is 1.93. The highest BCUT2D eigenvalue weighted by molar-refractivity contribution is 5.31. The Morgan fingerprint density at radius 1 is 1.28 bits per heavy atom. The summed E-state index contributed by atoms with van der Waals surface area (Å²) in [5, 5.41) is 16.2. The van der Waals surface area contributed by atoms with Crippen molar-refractivity contribution < 1.29 is 0 Å². The molecular weight excluding hydrogens is 224 g/mol. The molecule has 1 aromatic carbocycles. The highest BCUT2D eigenvalue weighted by Gasteiger charge is 1.94. The first kappa shape index (κ1) is 12.3. The highest BCUT2D eigenvalue weighted by atomic mass is 15.3. The zero-order valence-electron chi connectivity index (χ0n) is 10.2. The summed E-state index contributed by atoms with van der Waals surface area (Å²) >= 11 is 0. The van der Waals surface area contributed by atoms with E-state index in [9.17, 15) is 0 Å². The van der Waals surface area contributed by atoms with Crippen LogP contribution >= 0.6 is 0 Å². The summed E-state index contributed by atoms with van der Waals surface area (Å²) in [6.45, 7) is 2.73. The molecule has 0 aliphatic heterocycles. The number of hydrogen-bond acceptors (Lipinski definition) is 3. The van der Waals surface area contributed by atoms with Gasteiger partial charge in [0, 0.05) is 25.5 Å². The molecule has 18 heavy (non-hydrogen) atoms. The maximum Gasteiger partial charge on any atom is 0.0991 e. The Bertz CT molecular complexity index is 494. The Morgan fingerprint density at radius 2 is 2.11 bits per heavy atom. The second-order valence-electron chi connectivity index (χ2n) is 4.11. The van der Waals surface area contributed by atoms with Gasteiger partial charge in [-0.1, -0.05) is 12.1 Å². The van der Waals surface area contributed by atoms with Gasteiger partial charge in [0.1, 0.15) is 0 Å². The number of aryl methyl sites for hydroxylation is 1. The maximum atomic E-state index is 8.69. The summed E-state index contributed by atoms with van der Waals surface area (Å²) in [5.74, 6) is 0. The van der Waals surface area contributed by atoms with Crippen LogP contribution in [0, 0.1) is 11.3 Å². The van der Waals surface area contributed by atoms with E-state index in [1.807, 2.05) is 41.2 Å². The molecule has 1 aromatic heterocycles. The van der Waals surface area contributed by atoms with Crippen LogP contribution in [-0.2, 0) is 13.1 Å². The second kappa shape index (κ2) is 6.58. The van der Waals surface area contributed by atoms with Gasteiger partial charge in [0.05, 0.1) is 11.6 Å². The Hall–Kier alpha value is -2.12. The van der Waals surface area contributed by atoms with Gasteiger partial charge in [0.2, 0.25) is 0 Å². The van der Waals surface area contributed by atoms with E-state index in [1.165, 1.54) is 5.56 Å². The van der Waals surface area contributed by atoms with Crippen molar-refractivity contribution in [3.8, 4) is 6.07 Å². The fourth-order valence-electron chi connectivity index (χ4n) is 1.73. The highest BCUT2D eigenvalue weighted by Crippen LogP contribution is 2.02. The normalized spacial score (nSPS) is 10.2. The van der Waals surface area contributed by atoms with E-state index in [4.69, 9.17) is 5.26 Å². The largest absolute Gasteiger partial charge is 0.313 e. The molecule has 0 amide bonds. The molecule has 1 heterocycles. The smallest absolute Gasteiger partial charge is 0.0991 e. The zero-order valence-corrected chi connectivity index (χ0v) is 10.2. The lowest BCUT2D eigenvalue weighted by Crippen LogP contribution is -2.16. The van der Waals surface area contributed by atoms with Crippen LogP contribution in [0.2, 0.25) is 0 Å². The molecule has 0 fully saturated rings. The van der Waals surface area contributed by atoms with E-state index >= 15 is 0 Å². The monoisotopic (exact) mass is 240 g/mol. The minimum atomic E-state index is 0.706. The van der Waals surface area contributed by atoms with Crippen molar-refractivity contribution in [1.29, 1.82) is 5.26 Å². The molecule has 4 heteroatoms. The third-order valence-electron chi connectivity index (χ3n) is 2.71. The first-order valence-electron chi connectivity index (χ1n) is 6.05. The lowest BCUT2D eigenvalue weighted by molar-refractivity contribution is 0.543. The van der Waals surface area contributed by atoms with Gasteiger partial charge in [0.25, 0.3) is 0 Å². The molecular formula is C14H16N4. The van der Waals surface area contributed by atoms with Gasteiger partial charge in [0.15, 0.2) is 0 Å². The Balaban J connectivity index is 1.64. The van der Waals surface area contributed by atoms with Gasteiger partial charge < -0.3 is 5.32 Å². The van der Waals surface area contributed by atoms with Crippen molar-refractivity contribution in [1.82, 2.24) is 15.1 Å². The van der Waals surface area contributed by atoms with Gasteiger partial charge in [-0.25, -0.2) is 0 Å². The maximum absolute atomic E-state index is 8.69. The molecule has 0 aliphatic rings. The van der Waals surface area contributed by atoms with Crippen LogP contribution in [0.5, 0.6) is 0 Å². The zero-order chi connectivity index (χ0) is 12.6. The third kappa shape index (κ3) is 3.72. The first-order valence-corrected chi connectivity index (χ1v) is 6.05. The van der Waals surface area contributed by atoms with E-state index in [0.29, 0.717) is 5.56 Å². The molecule has 0 radical (unpaired) electrons. The van der Waals surface area contributed by atoms with E-state index in [1.54, 1.807) is 6.20 Å². The van der Waals surface area contributed by atoms with Crippen LogP contribution in [0.25, 0.3) is 0 Å². The number of benzene rings is 1. The minimum absolute atomic E-state index is 0.706. The summed E-state index contributed by atoms with van der Waals surface area (Å²) in [6, 6.07) is 11.7. The Labute approximate surface area is 107 Å². The molecule has 0 aliphatic carbocycles. The number of nitrogens with zero attached hydrogens (tertiary/aromatic N) is 3. The summed E-state index contributed by atoms with van der Waals surface area (Å²) in [5.41, 5.74) is 1.91. The number of aromatic nitrogens is 2. The predicted octanol–water partition coefficient (Wildman–Crippen LogP) is 1.93. The molecule has 4 nitrogen and oxygen atoms in total. The lowest BCUT2D eigenvalue weighted by atomic mass is 10.1. The molecule has 0 saturated carbocycles. The third-order valence-corrected chi connectivity index (χ3v) is 2.71. The fourth-order valence-corrected chi connectivity index (χ4v) is 1.73. The molecule has 92 valence electrons. The van der Waals surface area contributed by atoms with E-state index in [-0.39, 0.29) is 0 Å². The minimum Gasteiger partial charge on any atom is -0.313 e. The quantitative estimate of drug-likeness (QED) is 0.785. The van der Waals surface area contributed by atoms with Crippen molar-refractivity contribution in [3.63, 3.8) is 0 Å². The number of rotatable bonds is 6. The van der Waals surface area contributed by atoms with Crippen LogP contribution in [0.3, 0.4) is 0 Å². The molecule has 0 unspecified atom stereocenters. The molecule has 0 atom stereocenters. The van der Waals surface area contributed by atoms with Crippen LogP contribution < -0.4 is 5.32 Å². The standard InChI is InChI=1S/C14H16N4/c15-11-13-3-5-14(6-4-13)12-16-7-1-9-18-10-2-8-17-18/h2-6,8,10,16H,1,7,9,12H2. The van der Waals surface area contributed by atoms with E-state index in [0.717, 1.165) is 26.1 Å². The molecule has 2 rings (SSSR count). The summed E-state index contributed by atoms with van der Waals surface area (Å²) in [4.78, 5) is 0. The van der Waals surface area contributed by atoms with Gasteiger partial charge in [-0.15, -0.1) is 0 Å². The fraction of sp³-hybridized carbons (Fsp3) is 0.286. The van der Waals surface area contributed by atoms with Crippen LogP contribution in [-0.4, -0.2) is 16.3 Å². The number of nitriles is 1. The summed E-state index contributed by atoms with van der Waals surface area (Å²) in [6.07, 6.45) is 4.82. The number of nitrogens with one attached hydrogen (secondary N) is 1. The van der Waals surface area contributed by atoms with Gasteiger partial charge in [-0.3, -0.25) is 4.68 Å². The Kier molecular flexibility index (Phi) is 4.51. The Morgan fingerprint density at radius 3 is 2.78 bits per heavy atom. The average Bonchev–Trinajstić information content (AvgIpc) is 2.92. The molecule has 1 N–H and O–H groups in total. The summed E-state index contributed by atoms with van der Waals surface area (Å²) in [7, 11) is 0. The van der Waals surface area contributed by atoms with Crippen molar-refractivity contribution in [2.24, 2.45) is 0 Å². The van der Waals surface area contributed by atoms with Crippen LogP contribution in [0.1, 0.15) is 17.5 Å². The molecule has 0 saturated heterocycles. The van der Waals surface area contributed by atoms with E-state index in [2.05, 4.69) is 16.5 Å². The molecule has 2 aromatic rings. The number of hydrogen-bond donors (Lipinski definition) is 1. The topological polar surface area (TPSA) is 53.6 Å². The van der Waals surface area contributed by atoms with Crippen molar-refractivity contribution in [2.45, 2.75) is 19.5 Å². The lowest BCUT2D eigenvalue weighted by Gasteiger charge is -2.05. The molecule has 0 spiro atoms. The predicted molar refractivity (Wildman–Crippen MR) is 69.7 cm³/mol. The van der Waals surface area contributed by atoms with Crippen LogP contribution in [0.4, 0.5) is 0 Å². The van der Waals surface area contributed by atoms with Crippen LogP contribution in [0.15, 0.2) is 42.7 Å². The van der Waals surface area contributed by atoms with Crippen molar-refractivity contribution in [3.05, 3.63) is 53.9 Å². The van der Waals surface area contributed by atoms with E-state index < -0.39 is 0 Å². The van der Waals surface area contributed by atoms with Gasteiger partial charge >= 0.3 is 0 Å². The van der Waals surface area contributed by atoms with Crippen molar-refractivity contribution >= 4 is 0 Å².